The summed E-state index contributed by atoms with van der Waals surface area (Å²) in [5, 5.41) is 12.5. The molecule has 0 spiro atoms. The normalized spacial score (nSPS) is 12.1. The Morgan fingerprint density at radius 3 is 2.33 bits per heavy atom. The quantitative estimate of drug-likeness (QED) is 0.674. The number of aryl methyl sites for hydroxylation is 1. The molecular weight excluding hydrogens is 362 g/mol. The Kier molecular flexibility index (Phi) is 5.01. The number of sulfonamides is 1. The zero-order chi connectivity index (χ0) is 19.7. The van der Waals surface area contributed by atoms with Gasteiger partial charge in [-0.1, -0.05) is 30.3 Å². The van der Waals surface area contributed by atoms with Gasteiger partial charge in [-0.15, -0.1) is 10.2 Å². The lowest BCUT2D eigenvalue weighted by Gasteiger charge is -2.23. The summed E-state index contributed by atoms with van der Waals surface area (Å²) in [4.78, 5) is 1.72. The second kappa shape index (κ2) is 7.11. The van der Waals surface area contributed by atoms with E-state index < -0.39 is 10.0 Å². The van der Waals surface area contributed by atoms with E-state index in [2.05, 4.69) is 15.4 Å². The van der Waals surface area contributed by atoms with Gasteiger partial charge in [-0.2, -0.15) is 4.80 Å². The van der Waals surface area contributed by atoms with Crippen molar-refractivity contribution in [1.29, 1.82) is 0 Å². The van der Waals surface area contributed by atoms with Gasteiger partial charge in [0.1, 0.15) is 0 Å². The van der Waals surface area contributed by atoms with E-state index in [1.807, 2.05) is 39.8 Å². The smallest absolute Gasteiger partial charge is 0.259 e. The van der Waals surface area contributed by atoms with Crippen LogP contribution in [-0.2, 0) is 22.1 Å². The van der Waals surface area contributed by atoms with E-state index in [0.717, 1.165) is 5.56 Å². The molecule has 0 amide bonds. The summed E-state index contributed by atoms with van der Waals surface area (Å²) in [5.74, 6) is 0.338. The lowest BCUT2D eigenvalue weighted by atomic mass is 10.1. The number of benzene rings is 2. The lowest BCUT2D eigenvalue weighted by molar-refractivity contribution is 0.305. The third-order valence-electron chi connectivity index (χ3n) is 3.96. The molecule has 0 radical (unpaired) electrons. The van der Waals surface area contributed by atoms with Crippen LogP contribution >= 0.6 is 0 Å². The van der Waals surface area contributed by atoms with Gasteiger partial charge < -0.3 is 0 Å². The van der Waals surface area contributed by atoms with Crippen molar-refractivity contribution < 1.29 is 8.42 Å². The number of rotatable bonds is 5. The molecule has 1 heterocycles. The SMILES string of the molecule is Cc1cccc(S(=O)(=O)N(Cc2nnn(C(C)(C)C)n2)c2ccccc2)c1. The van der Waals surface area contributed by atoms with Gasteiger partial charge in [0.2, 0.25) is 0 Å². The van der Waals surface area contributed by atoms with Gasteiger partial charge in [0.05, 0.1) is 22.7 Å². The molecule has 0 saturated heterocycles. The van der Waals surface area contributed by atoms with Gasteiger partial charge in [0.25, 0.3) is 10.0 Å². The predicted octanol–water partition coefficient (Wildman–Crippen LogP) is 3.13. The Bertz CT molecular complexity index is 1020. The standard InChI is InChI=1S/C19H23N5O2S/c1-15-9-8-12-17(13-15)27(25,26)23(16-10-6-5-7-11-16)14-18-20-22-24(21-18)19(2,3)4/h5-13H,14H2,1-4H3. The minimum Gasteiger partial charge on any atom is -0.259 e. The first-order chi connectivity index (χ1) is 12.7. The van der Waals surface area contributed by atoms with Gasteiger partial charge >= 0.3 is 0 Å². The molecule has 0 N–H and O–H groups in total. The lowest BCUT2D eigenvalue weighted by Crippen LogP contribution is -2.31. The number of nitrogens with zero attached hydrogens (tertiary/aromatic N) is 5. The molecule has 0 fully saturated rings. The van der Waals surface area contributed by atoms with Gasteiger partial charge in [-0.3, -0.25) is 4.31 Å². The van der Waals surface area contributed by atoms with Crippen LogP contribution in [0.2, 0.25) is 0 Å². The molecule has 0 aliphatic carbocycles. The zero-order valence-corrected chi connectivity index (χ0v) is 16.7. The highest BCUT2D eigenvalue weighted by atomic mass is 32.2. The average Bonchev–Trinajstić information content (AvgIpc) is 3.09. The van der Waals surface area contributed by atoms with Crippen LogP contribution in [0.15, 0.2) is 59.5 Å². The molecule has 1 aromatic heterocycles. The number of hydrogen-bond donors (Lipinski definition) is 0. The van der Waals surface area contributed by atoms with Gasteiger partial charge in [-0.05, 0) is 62.7 Å². The highest BCUT2D eigenvalue weighted by molar-refractivity contribution is 7.92. The van der Waals surface area contributed by atoms with Crippen molar-refractivity contribution in [3.8, 4) is 0 Å². The summed E-state index contributed by atoms with van der Waals surface area (Å²) in [6, 6.07) is 15.8. The number of tetrazole rings is 1. The number of aromatic nitrogens is 4. The first-order valence-electron chi connectivity index (χ1n) is 8.62. The Morgan fingerprint density at radius 2 is 1.74 bits per heavy atom. The van der Waals surface area contributed by atoms with E-state index in [9.17, 15) is 8.42 Å². The monoisotopic (exact) mass is 385 g/mol. The predicted molar refractivity (Wildman–Crippen MR) is 104 cm³/mol. The minimum absolute atomic E-state index is 0.00360. The summed E-state index contributed by atoms with van der Waals surface area (Å²) >= 11 is 0. The summed E-state index contributed by atoms with van der Waals surface area (Å²) in [6.45, 7) is 7.73. The Balaban J connectivity index is 2.03. The Labute approximate surface area is 159 Å². The van der Waals surface area contributed by atoms with Crippen LogP contribution in [-0.4, -0.2) is 28.6 Å². The molecule has 2 aromatic carbocycles. The first kappa shape index (κ1) is 19.0. The van der Waals surface area contributed by atoms with Crippen LogP contribution in [0.1, 0.15) is 32.2 Å². The zero-order valence-electron chi connectivity index (χ0n) is 15.9. The largest absolute Gasteiger partial charge is 0.264 e. The topological polar surface area (TPSA) is 81.0 Å². The fourth-order valence-electron chi connectivity index (χ4n) is 2.53. The molecule has 7 nitrogen and oxygen atoms in total. The molecule has 3 aromatic rings. The molecule has 142 valence electrons. The Hall–Kier alpha value is -2.74. The highest BCUT2D eigenvalue weighted by Crippen LogP contribution is 2.25. The molecule has 8 heteroatoms. The molecule has 0 unspecified atom stereocenters. The molecule has 27 heavy (non-hydrogen) atoms. The molecule has 0 atom stereocenters. The van der Waals surface area contributed by atoms with E-state index in [-0.39, 0.29) is 17.0 Å². The van der Waals surface area contributed by atoms with Crippen LogP contribution in [0.5, 0.6) is 0 Å². The second-order valence-corrected chi connectivity index (χ2v) is 9.19. The third kappa shape index (κ3) is 4.16. The first-order valence-corrected chi connectivity index (χ1v) is 10.1. The van der Waals surface area contributed by atoms with Crippen molar-refractivity contribution in [2.24, 2.45) is 0 Å². The van der Waals surface area contributed by atoms with Crippen molar-refractivity contribution in [1.82, 2.24) is 20.2 Å². The van der Waals surface area contributed by atoms with E-state index in [1.54, 1.807) is 42.5 Å². The van der Waals surface area contributed by atoms with Crippen LogP contribution < -0.4 is 4.31 Å². The maximum absolute atomic E-state index is 13.3. The molecule has 0 saturated carbocycles. The van der Waals surface area contributed by atoms with Gasteiger partial charge in [0.15, 0.2) is 5.82 Å². The van der Waals surface area contributed by atoms with E-state index >= 15 is 0 Å². The molecule has 0 aliphatic rings. The molecule has 0 bridgehead atoms. The van der Waals surface area contributed by atoms with Crippen molar-refractivity contribution >= 4 is 15.7 Å². The van der Waals surface area contributed by atoms with Crippen LogP contribution in [0.4, 0.5) is 5.69 Å². The van der Waals surface area contributed by atoms with Crippen molar-refractivity contribution in [2.45, 2.75) is 44.7 Å². The number of hydrogen-bond acceptors (Lipinski definition) is 5. The number of anilines is 1. The molecule has 3 rings (SSSR count). The Morgan fingerprint density at radius 1 is 1.04 bits per heavy atom. The van der Waals surface area contributed by atoms with Gasteiger partial charge in [0, 0.05) is 0 Å². The van der Waals surface area contributed by atoms with Crippen molar-refractivity contribution in [2.75, 3.05) is 4.31 Å². The summed E-state index contributed by atoms with van der Waals surface area (Å²) in [7, 11) is -3.78. The molecular formula is C19H23N5O2S. The summed E-state index contributed by atoms with van der Waals surface area (Å²) < 4.78 is 28.0. The fraction of sp³-hybridized carbons (Fsp3) is 0.316. The third-order valence-corrected chi connectivity index (χ3v) is 5.73. The maximum Gasteiger partial charge on any atom is 0.264 e. The second-order valence-electron chi connectivity index (χ2n) is 7.33. The van der Waals surface area contributed by atoms with E-state index in [0.29, 0.717) is 11.5 Å². The van der Waals surface area contributed by atoms with E-state index in [4.69, 9.17) is 0 Å². The summed E-state index contributed by atoms with van der Waals surface area (Å²) in [6.07, 6.45) is 0. The summed E-state index contributed by atoms with van der Waals surface area (Å²) in [5.41, 5.74) is 1.09. The van der Waals surface area contributed by atoms with Crippen molar-refractivity contribution in [3.63, 3.8) is 0 Å². The van der Waals surface area contributed by atoms with Crippen LogP contribution in [0.3, 0.4) is 0 Å². The fourth-order valence-corrected chi connectivity index (χ4v) is 4.06. The van der Waals surface area contributed by atoms with Crippen LogP contribution in [0, 0.1) is 6.92 Å². The number of para-hydroxylation sites is 1. The van der Waals surface area contributed by atoms with Gasteiger partial charge in [-0.25, -0.2) is 8.42 Å². The minimum atomic E-state index is -3.78. The molecule has 0 aliphatic heterocycles. The maximum atomic E-state index is 13.3. The highest BCUT2D eigenvalue weighted by Gasteiger charge is 2.27. The van der Waals surface area contributed by atoms with Crippen LogP contribution in [0.25, 0.3) is 0 Å². The van der Waals surface area contributed by atoms with E-state index in [1.165, 1.54) is 9.10 Å². The average molecular weight is 385 g/mol. The van der Waals surface area contributed by atoms with Crippen molar-refractivity contribution in [3.05, 3.63) is 66.0 Å².